The number of carbonyl (C=O) groups is 2. The summed E-state index contributed by atoms with van der Waals surface area (Å²) in [6.45, 7) is 1.97. The van der Waals surface area contributed by atoms with Crippen molar-refractivity contribution in [3.8, 4) is 0 Å². The highest BCUT2D eigenvalue weighted by molar-refractivity contribution is 5.90. The molecule has 0 radical (unpaired) electrons. The second-order valence-corrected chi connectivity index (χ2v) is 6.29. The number of benzene rings is 2. The minimum absolute atomic E-state index is 0.0393. The Labute approximate surface area is 182 Å². The largest absolute Gasteiger partial charge is 0.465 e. The first kappa shape index (κ1) is 22.2. The van der Waals surface area contributed by atoms with Gasteiger partial charge in [0.05, 0.1) is 29.8 Å². The highest BCUT2D eigenvalue weighted by Crippen LogP contribution is 2.33. The molecular weight excluding hydrogens is 418 g/mol. The number of carbonyl (C=O) groups excluding carboxylic acids is 2. The van der Waals surface area contributed by atoms with Gasteiger partial charge in [0.2, 0.25) is 11.6 Å². The van der Waals surface area contributed by atoms with Gasteiger partial charge >= 0.3 is 17.6 Å². The molecule has 0 saturated carbocycles. The summed E-state index contributed by atoms with van der Waals surface area (Å²) in [5.41, 5.74) is 1.27. The molecule has 0 aliphatic rings. The zero-order valence-corrected chi connectivity index (χ0v) is 17.2. The first-order valence-corrected chi connectivity index (χ1v) is 9.42. The molecule has 2 aromatic carbocycles. The van der Waals surface area contributed by atoms with Gasteiger partial charge in [-0.3, -0.25) is 10.1 Å². The van der Waals surface area contributed by atoms with Gasteiger partial charge in [-0.15, -0.1) is 0 Å². The number of hydrogen-bond donors (Lipinski definition) is 2. The molecule has 11 heteroatoms. The molecule has 1 heterocycles. The second kappa shape index (κ2) is 9.98. The summed E-state index contributed by atoms with van der Waals surface area (Å²) in [5, 5.41) is 17.5. The van der Waals surface area contributed by atoms with Crippen molar-refractivity contribution in [3.05, 3.63) is 76.1 Å². The van der Waals surface area contributed by atoms with Crippen molar-refractivity contribution in [1.29, 1.82) is 0 Å². The van der Waals surface area contributed by atoms with Crippen LogP contribution in [0.25, 0.3) is 0 Å². The molecule has 3 aromatic rings. The molecule has 0 saturated heterocycles. The predicted molar refractivity (Wildman–Crippen MR) is 115 cm³/mol. The Kier molecular flexibility index (Phi) is 6.91. The predicted octanol–water partition coefficient (Wildman–Crippen LogP) is 3.84. The van der Waals surface area contributed by atoms with Crippen molar-refractivity contribution in [2.24, 2.45) is 0 Å². The van der Waals surface area contributed by atoms with E-state index in [9.17, 15) is 19.7 Å². The van der Waals surface area contributed by atoms with Gasteiger partial charge in [0.25, 0.3) is 0 Å². The number of ether oxygens (including phenoxy) is 2. The quantitative estimate of drug-likeness (QED) is 0.303. The summed E-state index contributed by atoms with van der Waals surface area (Å²) >= 11 is 0. The fourth-order valence-electron chi connectivity index (χ4n) is 2.72. The standard InChI is InChI=1S/C21H19N5O6/c1-3-32-21(28)14-6-10-16(11-7-14)25-19-17(26(29)30)18(22-12-23-19)24-15-8-4-13(5-9-15)20(27)31-2/h4-12H,3H2,1-2H3,(H2,22,23,24,25). The smallest absolute Gasteiger partial charge is 0.353 e. The van der Waals surface area contributed by atoms with E-state index >= 15 is 0 Å². The normalized spacial score (nSPS) is 10.2. The molecule has 164 valence electrons. The van der Waals surface area contributed by atoms with Gasteiger partial charge in [-0.2, -0.15) is 0 Å². The van der Waals surface area contributed by atoms with Crippen LogP contribution in [0.3, 0.4) is 0 Å². The van der Waals surface area contributed by atoms with Crippen molar-refractivity contribution in [1.82, 2.24) is 9.97 Å². The number of esters is 2. The van der Waals surface area contributed by atoms with Gasteiger partial charge < -0.3 is 20.1 Å². The lowest BCUT2D eigenvalue weighted by Gasteiger charge is -2.11. The van der Waals surface area contributed by atoms with E-state index in [-0.39, 0.29) is 23.9 Å². The number of nitrogens with zero attached hydrogens (tertiary/aromatic N) is 3. The van der Waals surface area contributed by atoms with E-state index in [1.54, 1.807) is 31.2 Å². The molecule has 0 amide bonds. The summed E-state index contributed by atoms with van der Waals surface area (Å²) in [7, 11) is 1.28. The van der Waals surface area contributed by atoms with E-state index in [1.807, 2.05) is 0 Å². The molecule has 0 aliphatic carbocycles. The third-order valence-electron chi connectivity index (χ3n) is 4.23. The average Bonchev–Trinajstić information content (AvgIpc) is 2.79. The molecule has 0 spiro atoms. The molecular formula is C21H19N5O6. The summed E-state index contributed by atoms with van der Waals surface area (Å²) in [6.07, 6.45) is 1.17. The highest BCUT2D eigenvalue weighted by atomic mass is 16.6. The van der Waals surface area contributed by atoms with Gasteiger partial charge in [-0.25, -0.2) is 19.6 Å². The van der Waals surface area contributed by atoms with Crippen molar-refractivity contribution in [2.75, 3.05) is 24.4 Å². The maximum Gasteiger partial charge on any atom is 0.353 e. The molecule has 0 fully saturated rings. The fraction of sp³-hybridized carbons (Fsp3) is 0.143. The molecule has 2 N–H and O–H groups in total. The van der Waals surface area contributed by atoms with E-state index in [0.717, 1.165) is 0 Å². The average molecular weight is 437 g/mol. The van der Waals surface area contributed by atoms with Crippen LogP contribution >= 0.6 is 0 Å². The van der Waals surface area contributed by atoms with Crippen LogP contribution in [0.1, 0.15) is 27.6 Å². The molecule has 1 aromatic heterocycles. The molecule has 0 atom stereocenters. The second-order valence-electron chi connectivity index (χ2n) is 6.29. The minimum atomic E-state index is -0.611. The van der Waals surface area contributed by atoms with Crippen LogP contribution in [-0.2, 0) is 9.47 Å². The van der Waals surface area contributed by atoms with Crippen LogP contribution in [0.4, 0.5) is 28.7 Å². The maximum absolute atomic E-state index is 11.8. The van der Waals surface area contributed by atoms with E-state index in [2.05, 4.69) is 25.3 Å². The van der Waals surface area contributed by atoms with E-state index < -0.39 is 16.9 Å². The Bertz CT molecular complexity index is 1130. The van der Waals surface area contributed by atoms with Crippen LogP contribution < -0.4 is 10.6 Å². The summed E-state index contributed by atoms with van der Waals surface area (Å²) in [6, 6.07) is 12.4. The summed E-state index contributed by atoms with van der Waals surface area (Å²) in [4.78, 5) is 42.4. The molecule has 0 aliphatic heterocycles. The van der Waals surface area contributed by atoms with Gasteiger partial charge in [-0.05, 0) is 55.5 Å². The zero-order chi connectivity index (χ0) is 23.1. The molecule has 0 bridgehead atoms. The number of nitrogens with one attached hydrogen (secondary N) is 2. The van der Waals surface area contributed by atoms with Crippen molar-refractivity contribution in [3.63, 3.8) is 0 Å². The van der Waals surface area contributed by atoms with E-state index in [0.29, 0.717) is 22.5 Å². The molecule has 3 rings (SSSR count). The lowest BCUT2D eigenvalue weighted by molar-refractivity contribution is -0.383. The molecule has 11 nitrogen and oxygen atoms in total. The van der Waals surface area contributed by atoms with E-state index in [1.165, 1.54) is 37.7 Å². The summed E-state index contributed by atoms with van der Waals surface area (Å²) < 4.78 is 9.58. The Morgan fingerprint density at radius 2 is 1.38 bits per heavy atom. The lowest BCUT2D eigenvalue weighted by Crippen LogP contribution is -2.07. The highest BCUT2D eigenvalue weighted by Gasteiger charge is 2.23. The lowest BCUT2D eigenvalue weighted by atomic mass is 10.2. The van der Waals surface area contributed by atoms with Crippen LogP contribution in [0, 0.1) is 10.1 Å². The van der Waals surface area contributed by atoms with Crippen LogP contribution in [0.15, 0.2) is 54.9 Å². The SMILES string of the molecule is CCOC(=O)c1ccc(Nc2ncnc(Nc3ccc(C(=O)OC)cc3)c2[N+](=O)[O-])cc1. The Morgan fingerprint density at radius 1 is 0.906 bits per heavy atom. The molecule has 32 heavy (non-hydrogen) atoms. The topological polar surface area (TPSA) is 146 Å². The first-order chi connectivity index (χ1) is 15.4. The molecule has 0 unspecified atom stereocenters. The third-order valence-corrected chi connectivity index (χ3v) is 4.23. The number of aromatic nitrogens is 2. The van der Waals surface area contributed by atoms with Crippen LogP contribution in [0.2, 0.25) is 0 Å². The van der Waals surface area contributed by atoms with Crippen LogP contribution in [0.5, 0.6) is 0 Å². The first-order valence-electron chi connectivity index (χ1n) is 9.42. The number of nitro groups is 1. The summed E-state index contributed by atoms with van der Waals surface area (Å²) in [5.74, 6) is -1.04. The van der Waals surface area contributed by atoms with Gasteiger partial charge in [0.15, 0.2) is 0 Å². The number of anilines is 4. The van der Waals surface area contributed by atoms with Gasteiger partial charge in [-0.1, -0.05) is 0 Å². The van der Waals surface area contributed by atoms with Crippen LogP contribution in [-0.4, -0.2) is 40.5 Å². The fourth-order valence-corrected chi connectivity index (χ4v) is 2.72. The monoisotopic (exact) mass is 437 g/mol. The van der Waals surface area contributed by atoms with Crippen molar-refractivity contribution < 1.29 is 24.0 Å². The number of methoxy groups -OCH3 is 1. The van der Waals surface area contributed by atoms with E-state index in [4.69, 9.17) is 4.74 Å². The van der Waals surface area contributed by atoms with Gasteiger partial charge in [0.1, 0.15) is 6.33 Å². The number of rotatable bonds is 8. The van der Waals surface area contributed by atoms with Gasteiger partial charge in [0, 0.05) is 11.4 Å². The van der Waals surface area contributed by atoms with Crippen molar-refractivity contribution in [2.45, 2.75) is 6.92 Å². The zero-order valence-electron chi connectivity index (χ0n) is 17.2. The maximum atomic E-state index is 11.8. The minimum Gasteiger partial charge on any atom is -0.465 e. The Balaban J connectivity index is 1.84. The van der Waals surface area contributed by atoms with Crippen molar-refractivity contribution >= 4 is 40.6 Å². The Morgan fingerprint density at radius 3 is 1.78 bits per heavy atom. The Hall–Kier alpha value is -4.54. The third kappa shape index (κ3) is 5.14. The number of hydrogen-bond acceptors (Lipinski definition) is 10.